The minimum atomic E-state index is 0.766. The van der Waals surface area contributed by atoms with Crippen LogP contribution in [0.4, 0.5) is 0 Å². The molecule has 1 fully saturated rings. The molecule has 0 bridgehead atoms. The molecule has 0 unspecified atom stereocenters. The summed E-state index contributed by atoms with van der Waals surface area (Å²) in [5.41, 5.74) is 4.06. The zero-order chi connectivity index (χ0) is 10.4. The zero-order valence-electron chi connectivity index (χ0n) is 10.1. The summed E-state index contributed by atoms with van der Waals surface area (Å²) in [4.78, 5) is 0. The third kappa shape index (κ3) is 5.61. The Kier molecular flexibility index (Phi) is 4.90. The standard InChI is InChI=1S/C12H26N2/c1-12(9-10-12)8-6-4-5-7-11-13-14(2)3/h13H,4-11H2,1-3H3. The van der Waals surface area contributed by atoms with Crippen LogP contribution in [0, 0.1) is 5.41 Å². The summed E-state index contributed by atoms with van der Waals surface area (Å²) >= 11 is 0. The lowest BCUT2D eigenvalue weighted by Crippen LogP contribution is -2.30. The summed E-state index contributed by atoms with van der Waals surface area (Å²) in [6, 6.07) is 0. The average molecular weight is 198 g/mol. The van der Waals surface area contributed by atoms with Crippen LogP contribution in [0.1, 0.15) is 51.9 Å². The van der Waals surface area contributed by atoms with E-state index in [-0.39, 0.29) is 0 Å². The molecule has 0 saturated heterocycles. The van der Waals surface area contributed by atoms with Crippen molar-refractivity contribution in [1.82, 2.24) is 10.4 Å². The first kappa shape index (κ1) is 12.0. The lowest BCUT2D eigenvalue weighted by atomic mass is 10.0. The van der Waals surface area contributed by atoms with E-state index in [4.69, 9.17) is 0 Å². The molecule has 0 heterocycles. The van der Waals surface area contributed by atoms with E-state index in [1.807, 2.05) is 19.1 Å². The molecule has 0 aliphatic heterocycles. The van der Waals surface area contributed by atoms with Gasteiger partial charge in [-0.2, -0.15) is 0 Å². The second-order valence-electron chi connectivity index (χ2n) is 5.28. The maximum atomic E-state index is 3.30. The summed E-state index contributed by atoms with van der Waals surface area (Å²) in [7, 11) is 4.10. The maximum Gasteiger partial charge on any atom is 0.0102 e. The Morgan fingerprint density at radius 2 is 1.71 bits per heavy atom. The van der Waals surface area contributed by atoms with Gasteiger partial charge in [-0.15, -0.1) is 0 Å². The van der Waals surface area contributed by atoms with E-state index in [1.54, 1.807) is 0 Å². The molecule has 0 atom stereocenters. The Morgan fingerprint density at radius 3 is 2.29 bits per heavy atom. The monoisotopic (exact) mass is 198 g/mol. The van der Waals surface area contributed by atoms with Gasteiger partial charge < -0.3 is 0 Å². The Hall–Kier alpha value is -0.0800. The molecule has 2 heteroatoms. The highest BCUT2D eigenvalue weighted by atomic mass is 15.5. The van der Waals surface area contributed by atoms with Crippen molar-refractivity contribution in [3.05, 3.63) is 0 Å². The van der Waals surface area contributed by atoms with Crippen LogP contribution in [0.3, 0.4) is 0 Å². The first-order valence-corrected chi connectivity index (χ1v) is 6.03. The molecule has 14 heavy (non-hydrogen) atoms. The fourth-order valence-corrected chi connectivity index (χ4v) is 1.80. The highest BCUT2D eigenvalue weighted by Gasteiger charge is 2.35. The average Bonchev–Trinajstić information content (AvgIpc) is 2.82. The van der Waals surface area contributed by atoms with Crippen molar-refractivity contribution in [3.63, 3.8) is 0 Å². The van der Waals surface area contributed by atoms with Gasteiger partial charge in [0.05, 0.1) is 0 Å². The van der Waals surface area contributed by atoms with Crippen molar-refractivity contribution < 1.29 is 0 Å². The topological polar surface area (TPSA) is 15.3 Å². The quantitative estimate of drug-likeness (QED) is 0.476. The van der Waals surface area contributed by atoms with Crippen LogP contribution in [0.5, 0.6) is 0 Å². The van der Waals surface area contributed by atoms with Crippen LogP contribution < -0.4 is 5.43 Å². The van der Waals surface area contributed by atoms with Crippen molar-refractivity contribution in [2.75, 3.05) is 20.6 Å². The van der Waals surface area contributed by atoms with Gasteiger partial charge in [0.1, 0.15) is 0 Å². The predicted octanol–water partition coefficient (Wildman–Crippen LogP) is 2.80. The fourth-order valence-electron chi connectivity index (χ4n) is 1.80. The van der Waals surface area contributed by atoms with E-state index in [0.29, 0.717) is 0 Å². The van der Waals surface area contributed by atoms with Crippen molar-refractivity contribution >= 4 is 0 Å². The highest BCUT2D eigenvalue weighted by Crippen LogP contribution is 2.49. The van der Waals surface area contributed by atoms with Crippen LogP contribution in [-0.2, 0) is 0 Å². The SMILES string of the molecule is CN(C)NCCCCCCC1(C)CC1. The van der Waals surface area contributed by atoms with Gasteiger partial charge in [0, 0.05) is 20.6 Å². The summed E-state index contributed by atoms with van der Waals surface area (Å²) < 4.78 is 0. The molecule has 0 spiro atoms. The van der Waals surface area contributed by atoms with E-state index in [0.717, 1.165) is 12.0 Å². The van der Waals surface area contributed by atoms with E-state index >= 15 is 0 Å². The van der Waals surface area contributed by atoms with Gasteiger partial charge in [0.15, 0.2) is 0 Å². The minimum absolute atomic E-state index is 0.766. The fraction of sp³-hybridized carbons (Fsp3) is 1.00. The van der Waals surface area contributed by atoms with Crippen LogP contribution in [0.25, 0.3) is 0 Å². The Balaban J connectivity index is 1.76. The van der Waals surface area contributed by atoms with Gasteiger partial charge in [-0.3, -0.25) is 10.4 Å². The van der Waals surface area contributed by atoms with Gasteiger partial charge in [0.25, 0.3) is 0 Å². The normalized spacial score (nSPS) is 18.9. The zero-order valence-corrected chi connectivity index (χ0v) is 10.1. The molecule has 0 aromatic rings. The number of hydrogen-bond acceptors (Lipinski definition) is 2. The van der Waals surface area contributed by atoms with Crippen molar-refractivity contribution in [2.24, 2.45) is 5.41 Å². The number of nitrogens with zero attached hydrogens (tertiary/aromatic N) is 1. The molecule has 1 rings (SSSR count). The molecule has 0 amide bonds. The summed E-state index contributed by atoms with van der Waals surface area (Å²) in [6.45, 7) is 3.56. The number of hydrazine groups is 1. The van der Waals surface area contributed by atoms with E-state index < -0.39 is 0 Å². The van der Waals surface area contributed by atoms with Gasteiger partial charge in [0.2, 0.25) is 0 Å². The Bertz CT molecular complexity index is 150. The van der Waals surface area contributed by atoms with Crippen LogP contribution in [-0.4, -0.2) is 25.6 Å². The Morgan fingerprint density at radius 1 is 1.07 bits per heavy atom. The van der Waals surface area contributed by atoms with Gasteiger partial charge in [-0.25, -0.2) is 0 Å². The molecular weight excluding hydrogens is 172 g/mol. The van der Waals surface area contributed by atoms with Crippen molar-refractivity contribution in [2.45, 2.75) is 51.9 Å². The van der Waals surface area contributed by atoms with Gasteiger partial charge in [-0.05, 0) is 31.1 Å². The third-order valence-corrected chi connectivity index (χ3v) is 3.24. The van der Waals surface area contributed by atoms with E-state index in [9.17, 15) is 0 Å². The second kappa shape index (κ2) is 5.72. The number of hydrogen-bond donors (Lipinski definition) is 1. The lowest BCUT2D eigenvalue weighted by molar-refractivity contribution is 0.285. The molecule has 0 aromatic carbocycles. The molecule has 0 radical (unpaired) electrons. The Labute approximate surface area is 89.0 Å². The number of rotatable bonds is 8. The largest absolute Gasteiger partial charge is 0.256 e. The van der Waals surface area contributed by atoms with Crippen LogP contribution in [0.2, 0.25) is 0 Å². The molecule has 1 saturated carbocycles. The molecule has 1 aliphatic carbocycles. The number of nitrogens with one attached hydrogen (secondary N) is 1. The highest BCUT2D eigenvalue weighted by molar-refractivity contribution is 4.87. The molecular formula is C12H26N2. The summed E-state index contributed by atoms with van der Waals surface area (Å²) in [6.07, 6.45) is 9.99. The smallest absolute Gasteiger partial charge is 0.0102 e. The van der Waals surface area contributed by atoms with E-state index in [1.165, 1.54) is 44.9 Å². The molecule has 1 aliphatic rings. The van der Waals surface area contributed by atoms with Gasteiger partial charge in [-0.1, -0.05) is 26.2 Å². The summed E-state index contributed by atoms with van der Waals surface area (Å²) in [5.74, 6) is 0. The van der Waals surface area contributed by atoms with Gasteiger partial charge >= 0.3 is 0 Å². The lowest BCUT2D eigenvalue weighted by Gasteiger charge is -2.11. The first-order valence-electron chi connectivity index (χ1n) is 6.03. The van der Waals surface area contributed by atoms with Crippen LogP contribution in [0.15, 0.2) is 0 Å². The summed E-state index contributed by atoms with van der Waals surface area (Å²) in [5, 5.41) is 2.03. The van der Waals surface area contributed by atoms with E-state index in [2.05, 4.69) is 12.3 Å². The molecule has 84 valence electrons. The maximum absolute atomic E-state index is 3.30. The second-order valence-corrected chi connectivity index (χ2v) is 5.28. The third-order valence-electron chi connectivity index (χ3n) is 3.24. The minimum Gasteiger partial charge on any atom is -0.256 e. The first-order chi connectivity index (χ1) is 6.62. The molecule has 2 nitrogen and oxygen atoms in total. The predicted molar refractivity (Wildman–Crippen MR) is 62.1 cm³/mol. The van der Waals surface area contributed by atoms with Crippen molar-refractivity contribution in [3.8, 4) is 0 Å². The van der Waals surface area contributed by atoms with Crippen molar-refractivity contribution in [1.29, 1.82) is 0 Å². The molecule has 0 aromatic heterocycles. The molecule has 1 N–H and O–H groups in total. The number of unbranched alkanes of at least 4 members (excludes halogenated alkanes) is 3. The van der Waals surface area contributed by atoms with Crippen LogP contribution >= 0.6 is 0 Å².